The number of hydrogen-bond acceptors (Lipinski definition) is 5. The highest BCUT2D eigenvalue weighted by atomic mass is 16.3. The molecule has 1 aliphatic heterocycles. The minimum Gasteiger partial charge on any atom is -0.390 e. The Balaban J connectivity index is 1.80. The van der Waals surface area contributed by atoms with Gasteiger partial charge in [0.05, 0.1) is 6.10 Å². The van der Waals surface area contributed by atoms with Crippen LogP contribution in [0.1, 0.15) is 32.8 Å². The SMILES string of the molecule is CC(C)(C)C(=O)N1CCC=C1C(=O)N[C@H](Cc1ccc2ccccc2c1)C(=O)NCC(O)CN. The molecule has 2 atom stereocenters. The van der Waals surface area contributed by atoms with E-state index in [0.29, 0.717) is 13.0 Å². The van der Waals surface area contributed by atoms with Crippen LogP contribution < -0.4 is 16.4 Å². The average molecular weight is 467 g/mol. The van der Waals surface area contributed by atoms with Gasteiger partial charge in [-0.25, -0.2) is 0 Å². The number of hydrogen-bond donors (Lipinski definition) is 4. The second-order valence-electron chi connectivity index (χ2n) is 9.63. The van der Waals surface area contributed by atoms with Crippen molar-refractivity contribution in [2.24, 2.45) is 11.1 Å². The molecule has 2 aromatic rings. The molecule has 1 heterocycles. The molecular formula is C26H34N4O4. The van der Waals surface area contributed by atoms with Gasteiger partial charge in [0.25, 0.3) is 5.91 Å². The fourth-order valence-corrected chi connectivity index (χ4v) is 3.86. The smallest absolute Gasteiger partial charge is 0.268 e. The number of fused-ring (bicyclic) bond motifs is 1. The van der Waals surface area contributed by atoms with E-state index in [0.717, 1.165) is 16.3 Å². The fourth-order valence-electron chi connectivity index (χ4n) is 3.86. The van der Waals surface area contributed by atoms with Crippen molar-refractivity contribution < 1.29 is 19.5 Å². The van der Waals surface area contributed by atoms with Gasteiger partial charge < -0.3 is 26.4 Å². The Morgan fingerprint density at radius 3 is 2.50 bits per heavy atom. The Morgan fingerprint density at radius 1 is 1.12 bits per heavy atom. The molecule has 0 bridgehead atoms. The number of aliphatic hydroxyl groups is 1. The van der Waals surface area contributed by atoms with Gasteiger partial charge in [-0.2, -0.15) is 0 Å². The number of carbonyl (C=O) groups excluding carboxylic acids is 3. The van der Waals surface area contributed by atoms with E-state index in [1.165, 1.54) is 4.90 Å². The number of aliphatic hydroxyl groups excluding tert-OH is 1. The van der Waals surface area contributed by atoms with E-state index in [1.807, 2.05) is 63.2 Å². The molecule has 1 unspecified atom stereocenters. The quantitative estimate of drug-likeness (QED) is 0.469. The zero-order valence-electron chi connectivity index (χ0n) is 20.0. The van der Waals surface area contributed by atoms with Crippen molar-refractivity contribution in [1.29, 1.82) is 0 Å². The molecule has 1 aliphatic rings. The third-order valence-corrected chi connectivity index (χ3v) is 5.76. The van der Waals surface area contributed by atoms with Gasteiger partial charge in [-0.3, -0.25) is 14.4 Å². The Kier molecular flexibility index (Phi) is 8.06. The van der Waals surface area contributed by atoms with Gasteiger partial charge in [0.2, 0.25) is 11.8 Å². The van der Waals surface area contributed by atoms with Crippen LogP contribution in [0.3, 0.4) is 0 Å². The van der Waals surface area contributed by atoms with Crippen LogP contribution in [0.15, 0.2) is 54.2 Å². The number of nitrogens with one attached hydrogen (secondary N) is 2. The summed E-state index contributed by atoms with van der Waals surface area (Å²) >= 11 is 0. The Hall–Kier alpha value is -3.23. The van der Waals surface area contributed by atoms with Crippen LogP contribution in [-0.4, -0.2) is 59.5 Å². The highest BCUT2D eigenvalue weighted by molar-refractivity contribution is 6.01. The number of carbonyl (C=O) groups is 3. The first kappa shape index (κ1) is 25.4. The summed E-state index contributed by atoms with van der Waals surface area (Å²) in [7, 11) is 0. The molecule has 182 valence electrons. The van der Waals surface area contributed by atoms with E-state index in [2.05, 4.69) is 10.6 Å². The Morgan fingerprint density at radius 2 is 1.82 bits per heavy atom. The number of nitrogens with two attached hydrogens (primary N) is 1. The standard InChI is InChI=1S/C26H34N4O4/c1-26(2,3)25(34)30-12-6-9-22(30)24(33)29-21(23(32)28-16-20(31)15-27)14-17-10-11-18-7-4-5-8-19(18)13-17/h4-5,7-11,13,20-21,31H,6,12,14-16,27H2,1-3H3,(H,28,32)(H,29,33)/t20?,21-/m1/s1. The summed E-state index contributed by atoms with van der Waals surface area (Å²) in [5.74, 6) is -1.05. The maximum atomic E-state index is 13.2. The lowest BCUT2D eigenvalue weighted by atomic mass is 9.94. The monoisotopic (exact) mass is 466 g/mol. The van der Waals surface area contributed by atoms with Crippen LogP contribution in [0.4, 0.5) is 0 Å². The Bertz CT molecular complexity index is 1090. The third-order valence-electron chi connectivity index (χ3n) is 5.76. The second-order valence-corrected chi connectivity index (χ2v) is 9.63. The van der Waals surface area contributed by atoms with E-state index < -0.39 is 29.4 Å². The molecule has 34 heavy (non-hydrogen) atoms. The van der Waals surface area contributed by atoms with Crippen molar-refractivity contribution in [2.45, 2.75) is 45.8 Å². The summed E-state index contributed by atoms with van der Waals surface area (Å²) in [4.78, 5) is 40.5. The predicted molar refractivity (Wildman–Crippen MR) is 132 cm³/mol. The van der Waals surface area contributed by atoms with Gasteiger partial charge in [-0.05, 0) is 22.8 Å². The minimum atomic E-state index is -0.897. The molecule has 0 fully saturated rings. The maximum absolute atomic E-state index is 13.2. The van der Waals surface area contributed by atoms with Crippen molar-refractivity contribution in [3.63, 3.8) is 0 Å². The number of amides is 3. The van der Waals surface area contributed by atoms with E-state index >= 15 is 0 Å². The van der Waals surface area contributed by atoms with Gasteiger partial charge in [-0.1, -0.05) is 69.3 Å². The zero-order chi connectivity index (χ0) is 24.9. The lowest BCUT2D eigenvalue weighted by molar-refractivity contribution is -0.139. The molecule has 2 aromatic carbocycles. The first-order chi connectivity index (χ1) is 16.1. The fraction of sp³-hybridized carbons (Fsp3) is 0.423. The molecule has 0 spiro atoms. The molecule has 0 radical (unpaired) electrons. The van der Waals surface area contributed by atoms with Crippen molar-refractivity contribution in [3.8, 4) is 0 Å². The first-order valence-corrected chi connectivity index (χ1v) is 11.6. The van der Waals surface area contributed by atoms with E-state index in [-0.39, 0.29) is 31.1 Å². The molecule has 0 aliphatic carbocycles. The highest BCUT2D eigenvalue weighted by Crippen LogP contribution is 2.25. The van der Waals surface area contributed by atoms with Crippen molar-refractivity contribution in [3.05, 3.63) is 59.8 Å². The molecule has 8 heteroatoms. The van der Waals surface area contributed by atoms with Gasteiger partial charge in [0.1, 0.15) is 11.7 Å². The molecule has 5 N–H and O–H groups in total. The lowest BCUT2D eigenvalue weighted by Gasteiger charge is -2.28. The predicted octanol–water partition coefficient (Wildman–Crippen LogP) is 1.47. The number of benzene rings is 2. The number of nitrogens with zero attached hydrogens (tertiary/aromatic N) is 1. The van der Waals surface area contributed by atoms with Crippen LogP contribution in [0.25, 0.3) is 10.8 Å². The molecule has 0 aromatic heterocycles. The molecule has 0 saturated heterocycles. The van der Waals surface area contributed by atoms with Crippen molar-refractivity contribution in [1.82, 2.24) is 15.5 Å². The summed E-state index contributed by atoms with van der Waals surface area (Å²) in [6.45, 7) is 5.85. The normalized spacial score (nSPS) is 15.6. The van der Waals surface area contributed by atoms with Gasteiger partial charge in [-0.15, -0.1) is 0 Å². The summed E-state index contributed by atoms with van der Waals surface area (Å²) in [6.07, 6.45) is 1.68. The second kappa shape index (κ2) is 10.8. The lowest BCUT2D eigenvalue weighted by Crippen LogP contribution is -2.51. The zero-order valence-corrected chi connectivity index (χ0v) is 20.0. The number of rotatable bonds is 8. The van der Waals surface area contributed by atoms with Crippen LogP contribution in [0.5, 0.6) is 0 Å². The van der Waals surface area contributed by atoms with E-state index in [1.54, 1.807) is 6.08 Å². The van der Waals surface area contributed by atoms with Crippen LogP contribution >= 0.6 is 0 Å². The third kappa shape index (κ3) is 6.21. The molecule has 8 nitrogen and oxygen atoms in total. The minimum absolute atomic E-state index is 0.0126. The van der Waals surface area contributed by atoms with Crippen molar-refractivity contribution in [2.75, 3.05) is 19.6 Å². The molecule has 3 rings (SSSR count). The maximum Gasteiger partial charge on any atom is 0.268 e. The summed E-state index contributed by atoms with van der Waals surface area (Å²) < 4.78 is 0. The van der Waals surface area contributed by atoms with E-state index in [4.69, 9.17) is 5.73 Å². The summed E-state index contributed by atoms with van der Waals surface area (Å²) in [5.41, 5.74) is 5.94. The summed E-state index contributed by atoms with van der Waals surface area (Å²) in [6, 6.07) is 12.9. The molecule has 3 amide bonds. The average Bonchev–Trinajstić information content (AvgIpc) is 3.30. The van der Waals surface area contributed by atoms with Crippen LogP contribution in [0, 0.1) is 5.41 Å². The van der Waals surface area contributed by atoms with Crippen LogP contribution in [-0.2, 0) is 20.8 Å². The topological polar surface area (TPSA) is 125 Å². The summed E-state index contributed by atoms with van der Waals surface area (Å²) in [5, 5.41) is 17.3. The highest BCUT2D eigenvalue weighted by Gasteiger charge is 2.35. The van der Waals surface area contributed by atoms with Gasteiger partial charge in [0, 0.05) is 31.5 Å². The first-order valence-electron chi connectivity index (χ1n) is 11.6. The largest absolute Gasteiger partial charge is 0.390 e. The van der Waals surface area contributed by atoms with Gasteiger partial charge >= 0.3 is 0 Å². The van der Waals surface area contributed by atoms with Crippen LogP contribution in [0.2, 0.25) is 0 Å². The van der Waals surface area contributed by atoms with Crippen molar-refractivity contribution >= 4 is 28.5 Å². The molecule has 0 saturated carbocycles. The Labute approximate surface area is 200 Å². The van der Waals surface area contributed by atoms with Gasteiger partial charge in [0.15, 0.2) is 0 Å². The van der Waals surface area contributed by atoms with E-state index in [9.17, 15) is 19.5 Å². The molecular weight excluding hydrogens is 432 g/mol.